The van der Waals surface area contributed by atoms with Crippen molar-refractivity contribution in [3.8, 4) is 0 Å². The lowest BCUT2D eigenvalue weighted by Gasteiger charge is -2.17. The molecule has 0 saturated carbocycles. The van der Waals surface area contributed by atoms with E-state index < -0.39 is 6.29 Å². The number of aliphatic hydroxyl groups excluding tert-OH is 3. The second-order valence-corrected chi connectivity index (χ2v) is 7.10. The molecule has 0 spiro atoms. The van der Waals surface area contributed by atoms with E-state index in [4.69, 9.17) is 19.7 Å². The summed E-state index contributed by atoms with van der Waals surface area (Å²) in [6.07, 6.45) is -0.169. The summed E-state index contributed by atoms with van der Waals surface area (Å²) in [5, 5.41) is 26.3. The first kappa shape index (κ1) is 27.5. The molecule has 0 bridgehead atoms. The summed E-state index contributed by atoms with van der Waals surface area (Å²) in [7, 11) is 0. The number of benzene rings is 3. The Kier molecular flexibility index (Phi) is 15.5. The third kappa shape index (κ3) is 13.7. The summed E-state index contributed by atoms with van der Waals surface area (Å²) < 4.78 is 10.8. The minimum absolute atomic E-state index is 0.0846. The minimum atomic E-state index is -0.685. The van der Waals surface area contributed by atoms with Gasteiger partial charge in [0.2, 0.25) is 0 Å². The third-order valence-electron chi connectivity index (χ3n) is 4.25. The number of ether oxygens (including phenoxy) is 2. The zero-order valence-electron chi connectivity index (χ0n) is 19.0. The highest BCUT2D eigenvalue weighted by Gasteiger charge is 2.08. The molecule has 0 aliphatic carbocycles. The zero-order valence-corrected chi connectivity index (χ0v) is 19.0. The van der Waals surface area contributed by atoms with Crippen LogP contribution in [0, 0.1) is 0 Å². The molecule has 3 rings (SSSR count). The van der Waals surface area contributed by atoms with Crippen molar-refractivity contribution in [3.05, 3.63) is 108 Å². The van der Waals surface area contributed by atoms with Crippen molar-refractivity contribution in [1.82, 2.24) is 0 Å². The maximum Gasteiger partial charge on any atom is 0.154 e. The Morgan fingerprint density at radius 3 is 1.44 bits per heavy atom. The van der Waals surface area contributed by atoms with Crippen LogP contribution in [-0.4, -0.2) is 34.3 Å². The number of hydrogen-bond donors (Lipinski definition) is 3. The lowest BCUT2D eigenvalue weighted by atomic mass is 10.2. The van der Waals surface area contributed by atoms with Gasteiger partial charge in [0.15, 0.2) is 6.29 Å². The second kappa shape index (κ2) is 18.1. The van der Waals surface area contributed by atoms with E-state index in [9.17, 15) is 5.11 Å². The molecule has 5 heteroatoms. The Morgan fingerprint density at radius 1 is 0.688 bits per heavy atom. The molecule has 5 nitrogen and oxygen atoms in total. The molecule has 3 aromatic carbocycles. The van der Waals surface area contributed by atoms with E-state index in [-0.39, 0.29) is 19.3 Å². The van der Waals surface area contributed by atoms with Crippen molar-refractivity contribution in [2.75, 3.05) is 6.61 Å². The van der Waals surface area contributed by atoms with E-state index in [0.717, 1.165) is 16.7 Å². The second-order valence-electron chi connectivity index (χ2n) is 7.10. The van der Waals surface area contributed by atoms with Gasteiger partial charge in [-0.3, -0.25) is 0 Å². The van der Waals surface area contributed by atoms with Crippen molar-refractivity contribution in [2.24, 2.45) is 0 Å². The maximum absolute atomic E-state index is 9.27. The Hall–Kier alpha value is -2.54. The summed E-state index contributed by atoms with van der Waals surface area (Å²) in [6, 6.07) is 29.0. The van der Waals surface area contributed by atoms with Crippen LogP contribution in [0.2, 0.25) is 0 Å². The molecule has 0 aromatic heterocycles. The van der Waals surface area contributed by atoms with E-state index in [1.807, 2.05) is 105 Å². The van der Waals surface area contributed by atoms with Crippen LogP contribution in [0.3, 0.4) is 0 Å². The number of hydrogen-bond acceptors (Lipinski definition) is 5. The highest BCUT2D eigenvalue weighted by molar-refractivity contribution is 5.14. The smallest absolute Gasteiger partial charge is 0.154 e. The largest absolute Gasteiger partial charge is 0.392 e. The average molecular weight is 441 g/mol. The Labute approximate surface area is 191 Å². The molecule has 0 heterocycles. The normalized spacial score (nSPS) is 11.9. The Balaban J connectivity index is 0.000000267. The van der Waals surface area contributed by atoms with Gasteiger partial charge in [-0.05, 0) is 30.0 Å². The van der Waals surface area contributed by atoms with E-state index in [2.05, 4.69) is 0 Å². The topological polar surface area (TPSA) is 79.2 Å². The summed E-state index contributed by atoms with van der Waals surface area (Å²) in [6.45, 7) is 5.12. The van der Waals surface area contributed by atoms with E-state index in [1.165, 1.54) is 0 Å². The fourth-order valence-corrected chi connectivity index (χ4v) is 2.49. The monoisotopic (exact) mass is 440 g/mol. The lowest BCUT2D eigenvalue weighted by molar-refractivity contribution is -0.148. The molecule has 174 valence electrons. The van der Waals surface area contributed by atoms with Gasteiger partial charge in [0.05, 0.1) is 32.5 Å². The van der Waals surface area contributed by atoms with Crippen LogP contribution >= 0.6 is 0 Å². The van der Waals surface area contributed by atoms with Gasteiger partial charge < -0.3 is 24.8 Å². The van der Waals surface area contributed by atoms with Gasteiger partial charge in [0.1, 0.15) is 0 Å². The van der Waals surface area contributed by atoms with Crippen molar-refractivity contribution in [1.29, 1.82) is 0 Å². The van der Waals surface area contributed by atoms with Crippen molar-refractivity contribution in [3.63, 3.8) is 0 Å². The lowest BCUT2D eigenvalue weighted by Crippen LogP contribution is -2.23. The van der Waals surface area contributed by atoms with Crippen LogP contribution in [0.25, 0.3) is 0 Å². The molecule has 3 N–H and O–H groups in total. The molecule has 0 saturated heterocycles. The van der Waals surface area contributed by atoms with Crippen LogP contribution in [0.5, 0.6) is 0 Å². The Morgan fingerprint density at radius 2 is 1.09 bits per heavy atom. The van der Waals surface area contributed by atoms with E-state index >= 15 is 0 Å². The fourth-order valence-electron chi connectivity index (χ4n) is 2.49. The molecule has 0 amide bonds. The zero-order chi connectivity index (χ0) is 23.4. The average Bonchev–Trinajstić information content (AvgIpc) is 2.86. The summed E-state index contributed by atoms with van der Waals surface area (Å²) in [5.74, 6) is 0. The SMILES string of the molecule is CCC(O)OC(C)COCc1ccccc1.OCc1ccccc1.OCc1ccccc1. The summed E-state index contributed by atoms with van der Waals surface area (Å²) in [4.78, 5) is 0. The van der Waals surface area contributed by atoms with Crippen LogP contribution < -0.4 is 0 Å². The molecule has 32 heavy (non-hydrogen) atoms. The standard InChI is InChI=1S/C13H20O3.2C7H8O/c1-3-13(14)16-11(2)9-15-10-12-7-5-4-6-8-12;2*8-6-7-4-2-1-3-5-7/h4-8,11,13-14H,3,9-10H2,1-2H3;2*1-5,8H,6H2. The van der Waals surface area contributed by atoms with Gasteiger partial charge >= 0.3 is 0 Å². The van der Waals surface area contributed by atoms with Crippen LogP contribution in [0.15, 0.2) is 91.0 Å². The predicted octanol–water partition coefficient (Wildman–Crippen LogP) is 4.69. The van der Waals surface area contributed by atoms with Gasteiger partial charge in [-0.25, -0.2) is 0 Å². The molecule has 0 aliphatic heterocycles. The molecule has 2 atom stereocenters. The van der Waals surface area contributed by atoms with Gasteiger partial charge in [0.25, 0.3) is 0 Å². The van der Waals surface area contributed by atoms with E-state index in [0.29, 0.717) is 19.6 Å². The van der Waals surface area contributed by atoms with Crippen molar-refractivity contribution in [2.45, 2.75) is 52.5 Å². The fraction of sp³-hybridized carbons (Fsp3) is 0.333. The van der Waals surface area contributed by atoms with Crippen molar-refractivity contribution < 1.29 is 24.8 Å². The van der Waals surface area contributed by atoms with E-state index in [1.54, 1.807) is 0 Å². The first-order valence-electron chi connectivity index (χ1n) is 10.8. The van der Waals surface area contributed by atoms with Gasteiger partial charge in [-0.15, -0.1) is 0 Å². The van der Waals surface area contributed by atoms with Gasteiger partial charge in [0, 0.05) is 0 Å². The third-order valence-corrected chi connectivity index (χ3v) is 4.25. The minimum Gasteiger partial charge on any atom is -0.392 e. The van der Waals surface area contributed by atoms with Crippen LogP contribution in [0.1, 0.15) is 37.0 Å². The summed E-state index contributed by atoms with van der Waals surface area (Å²) >= 11 is 0. The molecular formula is C27H36O5. The molecule has 0 aliphatic rings. The molecule has 0 radical (unpaired) electrons. The first-order valence-corrected chi connectivity index (χ1v) is 10.8. The van der Waals surface area contributed by atoms with Crippen LogP contribution in [-0.2, 0) is 29.3 Å². The van der Waals surface area contributed by atoms with Gasteiger partial charge in [-0.2, -0.15) is 0 Å². The highest BCUT2D eigenvalue weighted by atomic mass is 16.6. The summed E-state index contributed by atoms with van der Waals surface area (Å²) in [5.41, 5.74) is 3.07. The molecule has 2 unspecified atom stereocenters. The quantitative estimate of drug-likeness (QED) is 0.421. The highest BCUT2D eigenvalue weighted by Crippen LogP contribution is 2.04. The molecule has 0 fully saturated rings. The van der Waals surface area contributed by atoms with Crippen LogP contribution in [0.4, 0.5) is 0 Å². The maximum atomic E-state index is 9.27. The first-order chi connectivity index (χ1) is 15.6. The Bertz CT molecular complexity index is 741. The predicted molar refractivity (Wildman–Crippen MR) is 128 cm³/mol. The van der Waals surface area contributed by atoms with Gasteiger partial charge in [-0.1, -0.05) is 97.9 Å². The molecular weight excluding hydrogens is 404 g/mol. The molecule has 3 aromatic rings. The van der Waals surface area contributed by atoms with Crippen molar-refractivity contribution >= 4 is 0 Å². The number of aliphatic hydroxyl groups is 3. The number of rotatable bonds is 9.